The Labute approximate surface area is 143 Å². The number of hydrogen-bond acceptors (Lipinski definition) is 3. The Balaban J connectivity index is 1.47. The lowest BCUT2D eigenvalue weighted by atomic mass is 9.86. The number of hydrogen-bond donors (Lipinski definition) is 1. The first-order valence-corrected chi connectivity index (χ1v) is 8.50. The molecule has 0 radical (unpaired) electrons. The number of ether oxygens (including phenoxy) is 1. The van der Waals surface area contributed by atoms with Crippen molar-refractivity contribution >= 4 is 6.09 Å². The minimum atomic E-state index is -0.231. The second-order valence-electron chi connectivity index (χ2n) is 6.30. The van der Waals surface area contributed by atoms with Crippen molar-refractivity contribution in [1.82, 2.24) is 4.90 Å². The molecule has 2 N–H and O–H groups in total. The van der Waals surface area contributed by atoms with Crippen molar-refractivity contribution in [2.75, 3.05) is 13.1 Å². The highest BCUT2D eigenvalue weighted by Crippen LogP contribution is 2.29. The molecule has 4 nitrogen and oxygen atoms in total. The van der Waals surface area contributed by atoms with Gasteiger partial charge in [0.05, 0.1) is 0 Å². The van der Waals surface area contributed by atoms with E-state index in [9.17, 15) is 4.79 Å². The lowest BCUT2D eigenvalue weighted by Crippen LogP contribution is -2.41. The Bertz CT molecular complexity index is 637. The fourth-order valence-electron chi connectivity index (χ4n) is 3.20. The van der Waals surface area contributed by atoms with E-state index >= 15 is 0 Å². The first kappa shape index (κ1) is 16.5. The van der Waals surface area contributed by atoms with Gasteiger partial charge in [-0.2, -0.15) is 0 Å². The summed E-state index contributed by atoms with van der Waals surface area (Å²) in [5, 5.41) is 0. The molecule has 0 unspecified atom stereocenters. The van der Waals surface area contributed by atoms with Crippen LogP contribution in [0.25, 0.3) is 0 Å². The average Bonchev–Trinajstić information content (AvgIpc) is 2.67. The van der Waals surface area contributed by atoms with Crippen molar-refractivity contribution in [3.8, 4) is 0 Å². The summed E-state index contributed by atoms with van der Waals surface area (Å²) < 4.78 is 5.40. The van der Waals surface area contributed by atoms with Gasteiger partial charge in [0.2, 0.25) is 0 Å². The van der Waals surface area contributed by atoms with Crippen molar-refractivity contribution in [3.05, 3.63) is 71.8 Å². The van der Waals surface area contributed by atoms with E-state index in [1.165, 1.54) is 5.56 Å². The van der Waals surface area contributed by atoms with Crippen LogP contribution in [0.2, 0.25) is 0 Å². The Kier molecular flexibility index (Phi) is 5.49. The van der Waals surface area contributed by atoms with Crippen molar-refractivity contribution in [1.29, 1.82) is 0 Å². The predicted octanol–water partition coefficient (Wildman–Crippen LogP) is 3.74. The summed E-state index contributed by atoms with van der Waals surface area (Å²) in [7, 11) is 0. The zero-order valence-corrected chi connectivity index (χ0v) is 13.8. The molecule has 0 bridgehead atoms. The summed E-state index contributed by atoms with van der Waals surface area (Å²) in [5.74, 6) is 0.408. The van der Waals surface area contributed by atoms with Crippen LogP contribution in [0.1, 0.15) is 30.0 Å². The van der Waals surface area contributed by atoms with E-state index in [-0.39, 0.29) is 12.1 Å². The van der Waals surface area contributed by atoms with Gasteiger partial charge in [0, 0.05) is 19.1 Å². The van der Waals surface area contributed by atoms with Gasteiger partial charge in [0.25, 0.3) is 0 Å². The van der Waals surface area contributed by atoms with Gasteiger partial charge in [-0.3, -0.25) is 0 Å². The largest absolute Gasteiger partial charge is 0.445 e. The highest BCUT2D eigenvalue weighted by atomic mass is 16.6. The van der Waals surface area contributed by atoms with Gasteiger partial charge in [0.1, 0.15) is 6.61 Å². The molecule has 24 heavy (non-hydrogen) atoms. The van der Waals surface area contributed by atoms with Crippen LogP contribution < -0.4 is 5.73 Å². The van der Waals surface area contributed by atoms with Crippen LogP contribution in [0.5, 0.6) is 0 Å². The van der Waals surface area contributed by atoms with E-state index in [1.54, 1.807) is 4.90 Å². The maximum absolute atomic E-state index is 12.2. The highest BCUT2D eigenvalue weighted by Gasteiger charge is 2.28. The number of rotatable bonds is 4. The van der Waals surface area contributed by atoms with Gasteiger partial charge in [0.15, 0.2) is 0 Å². The molecule has 126 valence electrons. The second kappa shape index (κ2) is 7.97. The molecule has 1 fully saturated rings. The molecule has 0 spiro atoms. The number of piperidine rings is 1. The molecular formula is C20H24N2O2. The van der Waals surface area contributed by atoms with Crippen LogP contribution in [0.3, 0.4) is 0 Å². The van der Waals surface area contributed by atoms with E-state index in [1.807, 2.05) is 48.5 Å². The summed E-state index contributed by atoms with van der Waals surface area (Å²) in [6.45, 7) is 1.74. The topological polar surface area (TPSA) is 55.6 Å². The average molecular weight is 324 g/mol. The van der Waals surface area contributed by atoms with Crippen LogP contribution in [0.15, 0.2) is 60.7 Å². The van der Waals surface area contributed by atoms with E-state index in [0.717, 1.165) is 18.4 Å². The zero-order chi connectivity index (χ0) is 16.8. The van der Waals surface area contributed by atoms with Crippen LogP contribution in [-0.4, -0.2) is 24.1 Å². The molecule has 4 heteroatoms. The van der Waals surface area contributed by atoms with Crippen molar-refractivity contribution < 1.29 is 9.53 Å². The summed E-state index contributed by atoms with van der Waals surface area (Å²) in [6, 6.07) is 20.0. The number of carbonyl (C=O) groups excluding carboxylic acids is 1. The molecule has 0 aliphatic carbocycles. The summed E-state index contributed by atoms with van der Waals surface area (Å²) in [4.78, 5) is 14.0. The molecular weight excluding hydrogens is 300 g/mol. The number of amides is 1. The summed E-state index contributed by atoms with van der Waals surface area (Å²) in [6.07, 6.45) is 1.60. The van der Waals surface area contributed by atoms with Crippen LogP contribution in [0.4, 0.5) is 4.79 Å². The van der Waals surface area contributed by atoms with Crippen molar-refractivity contribution in [2.45, 2.75) is 25.5 Å². The van der Waals surface area contributed by atoms with Crippen LogP contribution >= 0.6 is 0 Å². The van der Waals surface area contributed by atoms with Crippen molar-refractivity contribution in [2.24, 2.45) is 11.7 Å². The quantitative estimate of drug-likeness (QED) is 0.932. The zero-order valence-electron chi connectivity index (χ0n) is 13.8. The van der Waals surface area contributed by atoms with Gasteiger partial charge < -0.3 is 15.4 Å². The summed E-state index contributed by atoms with van der Waals surface area (Å²) in [5.41, 5.74) is 8.57. The van der Waals surface area contributed by atoms with Gasteiger partial charge in [-0.05, 0) is 29.9 Å². The number of carbonyl (C=O) groups is 1. The fraction of sp³-hybridized carbons (Fsp3) is 0.350. The third kappa shape index (κ3) is 4.15. The predicted molar refractivity (Wildman–Crippen MR) is 94.3 cm³/mol. The molecule has 1 atom stereocenters. The fourth-order valence-corrected chi connectivity index (χ4v) is 3.20. The maximum atomic E-state index is 12.2. The van der Waals surface area contributed by atoms with Gasteiger partial charge >= 0.3 is 6.09 Å². The third-order valence-electron chi connectivity index (χ3n) is 4.70. The monoisotopic (exact) mass is 324 g/mol. The SMILES string of the molecule is N[C@H](c1ccccc1)C1CCN(C(=O)OCc2ccccc2)CC1. The minimum absolute atomic E-state index is 0.0358. The maximum Gasteiger partial charge on any atom is 0.410 e. The smallest absolute Gasteiger partial charge is 0.410 e. The Hall–Kier alpha value is -2.33. The van der Waals surface area contributed by atoms with Gasteiger partial charge in [-0.25, -0.2) is 4.79 Å². The Morgan fingerprint density at radius 1 is 1.04 bits per heavy atom. The summed E-state index contributed by atoms with van der Waals surface area (Å²) >= 11 is 0. The Morgan fingerprint density at radius 2 is 1.62 bits per heavy atom. The van der Waals surface area contributed by atoms with Gasteiger partial charge in [-0.15, -0.1) is 0 Å². The third-order valence-corrected chi connectivity index (χ3v) is 4.70. The molecule has 1 aliphatic rings. The molecule has 0 aromatic heterocycles. The molecule has 0 saturated carbocycles. The van der Waals surface area contributed by atoms with E-state index in [2.05, 4.69) is 12.1 Å². The van der Waals surface area contributed by atoms with Crippen molar-refractivity contribution in [3.63, 3.8) is 0 Å². The Morgan fingerprint density at radius 3 is 2.25 bits per heavy atom. The first-order chi connectivity index (χ1) is 11.7. The normalized spacial score (nSPS) is 16.6. The number of nitrogens with two attached hydrogens (primary N) is 1. The lowest BCUT2D eigenvalue weighted by Gasteiger charge is -2.34. The van der Waals surface area contributed by atoms with E-state index in [0.29, 0.717) is 25.6 Å². The molecule has 1 saturated heterocycles. The number of benzene rings is 2. The molecule has 1 amide bonds. The first-order valence-electron chi connectivity index (χ1n) is 8.50. The second-order valence-corrected chi connectivity index (χ2v) is 6.30. The number of nitrogens with zero attached hydrogens (tertiary/aromatic N) is 1. The lowest BCUT2D eigenvalue weighted by molar-refractivity contribution is 0.0798. The van der Waals surface area contributed by atoms with Crippen LogP contribution in [0, 0.1) is 5.92 Å². The standard InChI is InChI=1S/C20H24N2O2/c21-19(17-9-5-2-6-10-17)18-11-13-22(14-12-18)20(23)24-15-16-7-3-1-4-8-16/h1-10,18-19H,11-15,21H2/t19-/m1/s1. The van der Waals surface area contributed by atoms with Crippen LogP contribution in [-0.2, 0) is 11.3 Å². The molecule has 2 aromatic carbocycles. The van der Waals surface area contributed by atoms with E-state index in [4.69, 9.17) is 10.5 Å². The molecule has 1 aliphatic heterocycles. The molecule has 2 aromatic rings. The minimum Gasteiger partial charge on any atom is -0.445 e. The van der Waals surface area contributed by atoms with Gasteiger partial charge in [-0.1, -0.05) is 60.7 Å². The number of likely N-dealkylation sites (tertiary alicyclic amines) is 1. The highest BCUT2D eigenvalue weighted by molar-refractivity contribution is 5.67. The molecule has 1 heterocycles. The molecule has 3 rings (SSSR count). The van der Waals surface area contributed by atoms with E-state index < -0.39 is 0 Å².